The van der Waals surface area contributed by atoms with Crippen LogP contribution in [0.2, 0.25) is 0 Å². The highest BCUT2D eigenvalue weighted by molar-refractivity contribution is 5.41. The quantitative estimate of drug-likeness (QED) is 0.829. The molecule has 1 aliphatic carbocycles. The fraction of sp³-hybridized carbons (Fsp3) is 0.647. The van der Waals surface area contributed by atoms with Crippen molar-refractivity contribution < 1.29 is 9.47 Å². The van der Waals surface area contributed by atoms with Gasteiger partial charge in [-0.15, -0.1) is 0 Å². The van der Waals surface area contributed by atoms with Crippen molar-refractivity contribution in [2.45, 2.75) is 51.5 Å². The lowest BCUT2D eigenvalue weighted by Crippen LogP contribution is -2.22. The molecule has 0 aromatic heterocycles. The topological polar surface area (TPSA) is 44.5 Å². The fourth-order valence-electron chi connectivity index (χ4n) is 2.78. The number of nitrogens with two attached hydrogens (primary N) is 1. The highest BCUT2D eigenvalue weighted by atomic mass is 16.5. The van der Waals surface area contributed by atoms with E-state index in [2.05, 4.69) is 13.0 Å². The Labute approximate surface area is 122 Å². The normalized spacial score (nSPS) is 17.1. The molecule has 20 heavy (non-hydrogen) atoms. The third kappa shape index (κ3) is 4.14. The molecule has 1 unspecified atom stereocenters. The molecule has 0 amide bonds. The highest BCUT2D eigenvalue weighted by Crippen LogP contribution is 2.29. The van der Waals surface area contributed by atoms with Crippen LogP contribution in [0.15, 0.2) is 18.2 Å². The molecule has 0 heterocycles. The molecule has 112 valence electrons. The lowest BCUT2D eigenvalue weighted by molar-refractivity contribution is 0.248. The Bertz CT molecular complexity index is 413. The maximum absolute atomic E-state index is 6.08. The zero-order valence-corrected chi connectivity index (χ0v) is 12.7. The fourth-order valence-corrected chi connectivity index (χ4v) is 2.78. The maximum Gasteiger partial charge on any atom is 0.126 e. The highest BCUT2D eigenvalue weighted by Gasteiger charge is 2.17. The predicted octanol–water partition coefficient (Wildman–Crippen LogP) is 3.54. The summed E-state index contributed by atoms with van der Waals surface area (Å²) in [6, 6.07) is 6.25. The maximum atomic E-state index is 6.08. The van der Waals surface area contributed by atoms with E-state index in [1.165, 1.54) is 31.2 Å². The summed E-state index contributed by atoms with van der Waals surface area (Å²) in [5.41, 5.74) is 7.27. The van der Waals surface area contributed by atoms with Crippen LogP contribution in [0.5, 0.6) is 11.5 Å². The summed E-state index contributed by atoms with van der Waals surface area (Å²) >= 11 is 0. The molecule has 1 fully saturated rings. The van der Waals surface area contributed by atoms with Gasteiger partial charge in [-0.3, -0.25) is 0 Å². The average molecular weight is 277 g/mol. The first-order chi connectivity index (χ1) is 9.72. The summed E-state index contributed by atoms with van der Waals surface area (Å²) in [5.74, 6) is 2.51. The van der Waals surface area contributed by atoms with Gasteiger partial charge in [-0.1, -0.05) is 25.8 Å². The van der Waals surface area contributed by atoms with Crippen LogP contribution in [0.4, 0.5) is 0 Å². The van der Waals surface area contributed by atoms with Gasteiger partial charge >= 0.3 is 0 Å². The van der Waals surface area contributed by atoms with Crippen molar-refractivity contribution in [3.8, 4) is 11.5 Å². The molecular formula is C17H27NO2. The summed E-state index contributed by atoms with van der Waals surface area (Å²) in [6.07, 6.45) is 7.13. The molecule has 0 bridgehead atoms. The second-order valence-electron chi connectivity index (χ2n) is 5.81. The van der Waals surface area contributed by atoms with Crippen molar-refractivity contribution in [1.82, 2.24) is 0 Å². The van der Waals surface area contributed by atoms with Gasteiger partial charge in [0.2, 0.25) is 0 Å². The van der Waals surface area contributed by atoms with E-state index in [9.17, 15) is 0 Å². The Balaban J connectivity index is 2.05. The second-order valence-corrected chi connectivity index (χ2v) is 5.81. The summed E-state index contributed by atoms with van der Waals surface area (Å²) in [7, 11) is 1.69. The van der Waals surface area contributed by atoms with E-state index in [4.69, 9.17) is 15.2 Å². The van der Waals surface area contributed by atoms with Crippen LogP contribution >= 0.6 is 0 Å². The molecule has 1 aromatic carbocycles. The number of ether oxygens (including phenoxy) is 2. The molecule has 2 rings (SSSR count). The minimum absolute atomic E-state index is 0.192. The molecule has 0 saturated heterocycles. The van der Waals surface area contributed by atoms with Crippen LogP contribution in [-0.4, -0.2) is 19.8 Å². The smallest absolute Gasteiger partial charge is 0.126 e. The van der Waals surface area contributed by atoms with Crippen molar-refractivity contribution in [2.24, 2.45) is 11.7 Å². The van der Waals surface area contributed by atoms with Crippen LogP contribution in [0, 0.1) is 5.92 Å². The zero-order valence-electron chi connectivity index (χ0n) is 12.7. The summed E-state index contributed by atoms with van der Waals surface area (Å²) < 4.78 is 11.4. The van der Waals surface area contributed by atoms with Gasteiger partial charge in [-0.25, -0.2) is 0 Å². The first kappa shape index (κ1) is 15.2. The lowest BCUT2D eigenvalue weighted by Gasteiger charge is -2.17. The van der Waals surface area contributed by atoms with Gasteiger partial charge in [-0.2, -0.15) is 0 Å². The van der Waals surface area contributed by atoms with E-state index in [0.717, 1.165) is 30.9 Å². The van der Waals surface area contributed by atoms with E-state index in [1.807, 2.05) is 12.1 Å². The third-order valence-electron chi connectivity index (χ3n) is 4.23. The number of hydrogen-bond donors (Lipinski definition) is 1. The molecule has 1 saturated carbocycles. The standard InChI is InChI=1S/C17H27NO2/c1-3-15(18)10-14-8-9-16(19-2)11-17(14)20-12-13-6-4-5-7-13/h8-9,11,13,15H,3-7,10,12,18H2,1-2H3. The van der Waals surface area contributed by atoms with Crippen LogP contribution in [-0.2, 0) is 6.42 Å². The number of methoxy groups -OCH3 is 1. The van der Waals surface area contributed by atoms with Gasteiger partial charge in [0, 0.05) is 12.1 Å². The molecule has 1 aromatic rings. The van der Waals surface area contributed by atoms with Crippen molar-refractivity contribution in [2.75, 3.05) is 13.7 Å². The Hall–Kier alpha value is -1.22. The molecule has 0 aliphatic heterocycles. The van der Waals surface area contributed by atoms with Gasteiger partial charge in [-0.05, 0) is 43.2 Å². The third-order valence-corrected chi connectivity index (χ3v) is 4.23. The van der Waals surface area contributed by atoms with Gasteiger partial charge in [0.1, 0.15) is 11.5 Å². The SMILES string of the molecule is CCC(N)Cc1ccc(OC)cc1OCC1CCCC1. The number of benzene rings is 1. The minimum Gasteiger partial charge on any atom is -0.497 e. The summed E-state index contributed by atoms with van der Waals surface area (Å²) in [5, 5.41) is 0. The van der Waals surface area contributed by atoms with Crippen LogP contribution in [0.1, 0.15) is 44.6 Å². The first-order valence-corrected chi connectivity index (χ1v) is 7.78. The van der Waals surface area contributed by atoms with Crippen molar-refractivity contribution in [3.05, 3.63) is 23.8 Å². The zero-order chi connectivity index (χ0) is 14.4. The molecule has 1 aliphatic rings. The second kappa shape index (κ2) is 7.53. The summed E-state index contributed by atoms with van der Waals surface area (Å²) in [6.45, 7) is 2.94. The van der Waals surface area contributed by atoms with Crippen LogP contribution in [0.3, 0.4) is 0 Å². The largest absolute Gasteiger partial charge is 0.497 e. The van der Waals surface area contributed by atoms with E-state index in [-0.39, 0.29) is 6.04 Å². The van der Waals surface area contributed by atoms with Gasteiger partial charge in [0.15, 0.2) is 0 Å². The average Bonchev–Trinajstić information content (AvgIpc) is 2.99. The van der Waals surface area contributed by atoms with E-state index < -0.39 is 0 Å². The Morgan fingerprint density at radius 3 is 2.70 bits per heavy atom. The Kier molecular flexibility index (Phi) is 5.72. The van der Waals surface area contributed by atoms with E-state index >= 15 is 0 Å². The van der Waals surface area contributed by atoms with E-state index in [1.54, 1.807) is 7.11 Å². The molecule has 3 heteroatoms. The molecule has 0 radical (unpaired) electrons. The van der Waals surface area contributed by atoms with Crippen molar-refractivity contribution in [3.63, 3.8) is 0 Å². The van der Waals surface area contributed by atoms with Gasteiger partial charge < -0.3 is 15.2 Å². The van der Waals surface area contributed by atoms with Gasteiger partial charge in [0.05, 0.1) is 13.7 Å². The Morgan fingerprint density at radius 1 is 1.30 bits per heavy atom. The molecule has 0 spiro atoms. The molecule has 1 atom stereocenters. The summed E-state index contributed by atoms with van der Waals surface area (Å²) in [4.78, 5) is 0. The van der Waals surface area contributed by atoms with Crippen molar-refractivity contribution in [1.29, 1.82) is 0 Å². The first-order valence-electron chi connectivity index (χ1n) is 7.78. The molecule has 2 N–H and O–H groups in total. The van der Waals surface area contributed by atoms with Crippen molar-refractivity contribution >= 4 is 0 Å². The lowest BCUT2D eigenvalue weighted by atomic mass is 10.0. The molecule has 3 nitrogen and oxygen atoms in total. The van der Waals surface area contributed by atoms with Crippen LogP contribution in [0.25, 0.3) is 0 Å². The van der Waals surface area contributed by atoms with Gasteiger partial charge in [0.25, 0.3) is 0 Å². The molecular weight excluding hydrogens is 250 g/mol. The minimum atomic E-state index is 0.192. The monoisotopic (exact) mass is 277 g/mol. The van der Waals surface area contributed by atoms with E-state index in [0.29, 0.717) is 5.92 Å². The van der Waals surface area contributed by atoms with Crippen LogP contribution < -0.4 is 15.2 Å². The number of hydrogen-bond acceptors (Lipinski definition) is 3. The number of rotatable bonds is 7. The predicted molar refractivity (Wildman–Crippen MR) is 82.4 cm³/mol. The Morgan fingerprint density at radius 2 is 2.05 bits per heavy atom.